The molecule has 1 amide bonds. The average Bonchev–Trinajstić information content (AvgIpc) is 2.37. The van der Waals surface area contributed by atoms with Crippen LogP contribution in [0, 0.1) is 11.6 Å². The highest BCUT2D eigenvalue weighted by molar-refractivity contribution is 7.84. The summed E-state index contributed by atoms with van der Waals surface area (Å²) >= 11 is 0. The lowest BCUT2D eigenvalue weighted by Gasteiger charge is -2.10. The summed E-state index contributed by atoms with van der Waals surface area (Å²) in [5.74, 6) is -2.19. The van der Waals surface area contributed by atoms with Gasteiger partial charge in [0.15, 0.2) is 0 Å². The van der Waals surface area contributed by atoms with Crippen molar-refractivity contribution in [2.24, 2.45) is 0 Å². The standard InChI is InChI=1S/C13H18F2N2O2S/c1-8(20(3)19)4-5-17-13(18)9-6-10(14)12(16-2)11(15)7-9/h6-8,16H,4-5H2,1-3H3,(H,17,18). The molecule has 1 aromatic carbocycles. The summed E-state index contributed by atoms with van der Waals surface area (Å²) in [4.78, 5) is 11.8. The van der Waals surface area contributed by atoms with Crippen LogP contribution in [0.1, 0.15) is 23.7 Å². The number of anilines is 1. The average molecular weight is 304 g/mol. The topological polar surface area (TPSA) is 58.2 Å². The Balaban J connectivity index is 2.67. The molecule has 1 aromatic rings. The zero-order valence-electron chi connectivity index (χ0n) is 11.6. The van der Waals surface area contributed by atoms with Gasteiger partial charge in [-0.15, -0.1) is 0 Å². The Morgan fingerprint density at radius 3 is 2.35 bits per heavy atom. The molecular weight excluding hydrogens is 286 g/mol. The van der Waals surface area contributed by atoms with Gasteiger partial charge in [-0.05, 0) is 18.6 Å². The van der Waals surface area contributed by atoms with Crippen LogP contribution in [0.2, 0.25) is 0 Å². The zero-order valence-corrected chi connectivity index (χ0v) is 12.4. The predicted molar refractivity (Wildman–Crippen MR) is 76.4 cm³/mol. The van der Waals surface area contributed by atoms with E-state index in [2.05, 4.69) is 10.6 Å². The quantitative estimate of drug-likeness (QED) is 0.844. The summed E-state index contributed by atoms with van der Waals surface area (Å²) in [7, 11) is 0.436. The molecule has 0 aliphatic heterocycles. The fraction of sp³-hybridized carbons (Fsp3) is 0.462. The van der Waals surface area contributed by atoms with Gasteiger partial charge in [-0.2, -0.15) is 0 Å². The van der Waals surface area contributed by atoms with Crippen LogP contribution < -0.4 is 10.6 Å². The van der Waals surface area contributed by atoms with Gasteiger partial charge >= 0.3 is 0 Å². The fourth-order valence-electron chi connectivity index (χ4n) is 1.60. The largest absolute Gasteiger partial charge is 0.383 e. The molecule has 0 saturated heterocycles. The van der Waals surface area contributed by atoms with Crippen LogP contribution in [0.3, 0.4) is 0 Å². The van der Waals surface area contributed by atoms with Crippen molar-refractivity contribution in [3.05, 3.63) is 29.3 Å². The third-order valence-electron chi connectivity index (χ3n) is 2.96. The van der Waals surface area contributed by atoms with Gasteiger partial charge in [0.25, 0.3) is 5.91 Å². The number of hydrogen-bond donors (Lipinski definition) is 2. The second-order valence-electron chi connectivity index (χ2n) is 4.42. The SMILES string of the molecule is CNc1c(F)cc(C(=O)NCCC(C)S(C)=O)cc1F. The van der Waals surface area contributed by atoms with E-state index in [9.17, 15) is 17.8 Å². The number of benzene rings is 1. The summed E-state index contributed by atoms with van der Waals surface area (Å²) in [5.41, 5.74) is -0.346. The number of carbonyl (C=O) groups is 1. The van der Waals surface area contributed by atoms with Crippen molar-refractivity contribution in [3.63, 3.8) is 0 Å². The van der Waals surface area contributed by atoms with Crippen LogP contribution in [0.5, 0.6) is 0 Å². The molecule has 2 N–H and O–H groups in total. The van der Waals surface area contributed by atoms with Crippen molar-refractivity contribution in [2.45, 2.75) is 18.6 Å². The maximum Gasteiger partial charge on any atom is 0.251 e. The summed E-state index contributed by atoms with van der Waals surface area (Å²) in [5, 5.41) is 4.89. The van der Waals surface area contributed by atoms with E-state index >= 15 is 0 Å². The highest BCUT2D eigenvalue weighted by Gasteiger charge is 2.14. The first-order valence-electron chi connectivity index (χ1n) is 6.14. The van der Waals surface area contributed by atoms with Crippen molar-refractivity contribution >= 4 is 22.4 Å². The Bertz CT molecular complexity index is 500. The number of carbonyl (C=O) groups excluding carboxylic acids is 1. The molecule has 4 nitrogen and oxygen atoms in total. The fourth-order valence-corrected chi connectivity index (χ4v) is 2.05. The third-order valence-corrected chi connectivity index (χ3v) is 4.33. The normalized spacial score (nSPS) is 13.7. The van der Waals surface area contributed by atoms with E-state index in [4.69, 9.17) is 0 Å². The number of amides is 1. The monoisotopic (exact) mass is 304 g/mol. The summed E-state index contributed by atoms with van der Waals surface area (Å²) < 4.78 is 38.2. The molecule has 0 bridgehead atoms. The van der Waals surface area contributed by atoms with Crippen molar-refractivity contribution in [1.29, 1.82) is 0 Å². The van der Waals surface area contributed by atoms with Crippen LogP contribution in [0.15, 0.2) is 12.1 Å². The molecule has 0 fully saturated rings. The molecule has 0 saturated carbocycles. The summed E-state index contributed by atoms with van der Waals surface area (Å²) in [6, 6.07) is 1.96. The Hall–Kier alpha value is -1.50. The van der Waals surface area contributed by atoms with Crippen molar-refractivity contribution in [3.8, 4) is 0 Å². The summed E-state index contributed by atoms with van der Waals surface area (Å²) in [6.45, 7) is 2.11. The van der Waals surface area contributed by atoms with Crippen molar-refractivity contribution in [1.82, 2.24) is 5.32 Å². The minimum absolute atomic E-state index is 0.0459. The first-order chi connectivity index (χ1) is 9.36. The Morgan fingerprint density at radius 1 is 1.35 bits per heavy atom. The van der Waals surface area contributed by atoms with Gasteiger partial charge in [0, 0.05) is 41.5 Å². The van der Waals surface area contributed by atoms with Crippen LogP contribution in [-0.2, 0) is 10.8 Å². The lowest BCUT2D eigenvalue weighted by molar-refractivity contribution is 0.0952. The molecule has 0 heterocycles. The molecule has 0 radical (unpaired) electrons. The minimum atomic E-state index is -0.961. The van der Waals surface area contributed by atoms with Gasteiger partial charge in [0.1, 0.15) is 17.3 Å². The summed E-state index contributed by atoms with van der Waals surface area (Å²) in [6.07, 6.45) is 2.13. The second kappa shape index (κ2) is 7.33. The van der Waals surface area contributed by atoms with Crippen molar-refractivity contribution < 1.29 is 17.8 Å². The van der Waals surface area contributed by atoms with E-state index < -0.39 is 28.3 Å². The first kappa shape index (κ1) is 16.6. The molecule has 0 aliphatic carbocycles. The Morgan fingerprint density at radius 2 is 1.90 bits per heavy atom. The lowest BCUT2D eigenvalue weighted by atomic mass is 10.1. The van der Waals surface area contributed by atoms with Gasteiger partial charge in [-0.1, -0.05) is 6.92 Å². The van der Waals surface area contributed by atoms with E-state index in [0.29, 0.717) is 13.0 Å². The van der Waals surface area contributed by atoms with Crippen LogP contribution in [0.25, 0.3) is 0 Å². The van der Waals surface area contributed by atoms with E-state index in [0.717, 1.165) is 12.1 Å². The van der Waals surface area contributed by atoms with Gasteiger partial charge in [-0.3, -0.25) is 9.00 Å². The van der Waals surface area contributed by atoms with E-state index in [1.54, 1.807) is 6.26 Å². The maximum absolute atomic E-state index is 13.5. The second-order valence-corrected chi connectivity index (χ2v) is 6.22. The smallest absolute Gasteiger partial charge is 0.251 e. The third kappa shape index (κ3) is 4.26. The van der Waals surface area contributed by atoms with Gasteiger partial charge in [0.05, 0.1) is 0 Å². The Labute approximate surface area is 119 Å². The van der Waals surface area contributed by atoms with Gasteiger partial charge in [-0.25, -0.2) is 8.78 Å². The van der Waals surface area contributed by atoms with E-state index in [-0.39, 0.29) is 16.5 Å². The number of hydrogen-bond acceptors (Lipinski definition) is 3. The molecular formula is C13H18F2N2O2S. The minimum Gasteiger partial charge on any atom is -0.383 e. The molecule has 112 valence electrons. The molecule has 0 spiro atoms. The molecule has 0 aliphatic rings. The lowest BCUT2D eigenvalue weighted by Crippen LogP contribution is -2.27. The predicted octanol–water partition coefficient (Wildman–Crippen LogP) is 1.89. The van der Waals surface area contributed by atoms with Gasteiger partial charge in [0.2, 0.25) is 0 Å². The van der Waals surface area contributed by atoms with Crippen LogP contribution in [-0.4, -0.2) is 35.2 Å². The van der Waals surface area contributed by atoms with Gasteiger partial charge < -0.3 is 10.6 Å². The number of nitrogens with one attached hydrogen (secondary N) is 2. The van der Waals surface area contributed by atoms with Crippen LogP contribution >= 0.6 is 0 Å². The highest BCUT2D eigenvalue weighted by Crippen LogP contribution is 2.20. The molecule has 7 heteroatoms. The van der Waals surface area contributed by atoms with Crippen LogP contribution in [0.4, 0.5) is 14.5 Å². The molecule has 0 aromatic heterocycles. The number of halogens is 2. The Kier molecular flexibility index (Phi) is 6.06. The zero-order chi connectivity index (χ0) is 15.3. The molecule has 2 unspecified atom stereocenters. The molecule has 2 atom stereocenters. The molecule has 20 heavy (non-hydrogen) atoms. The van der Waals surface area contributed by atoms with E-state index in [1.165, 1.54) is 7.05 Å². The maximum atomic E-state index is 13.5. The number of rotatable bonds is 6. The first-order valence-corrected chi connectivity index (χ1v) is 7.76. The highest BCUT2D eigenvalue weighted by atomic mass is 32.2. The van der Waals surface area contributed by atoms with Crippen molar-refractivity contribution in [2.75, 3.05) is 25.2 Å². The van der Waals surface area contributed by atoms with E-state index in [1.807, 2.05) is 6.92 Å². The molecule has 1 rings (SSSR count).